The molecule has 15 N–H and O–H groups in total. The van der Waals surface area contributed by atoms with E-state index in [2.05, 4.69) is 46.5 Å². The van der Waals surface area contributed by atoms with E-state index in [1.165, 1.54) is 29.2 Å². The number of H-pyrrole nitrogens is 2. The van der Waals surface area contributed by atoms with Crippen LogP contribution in [0.2, 0.25) is 0 Å². The summed E-state index contributed by atoms with van der Waals surface area (Å²) < 4.78 is 0. The number of unbranched alkanes of at least 4 members (excludes halogenated alkanes) is 2. The van der Waals surface area contributed by atoms with Gasteiger partial charge in [-0.15, -0.1) is 0 Å². The van der Waals surface area contributed by atoms with Crippen molar-refractivity contribution < 1.29 is 53.4 Å². The van der Waals surface area contributed by atoms with Gasteiger partial charge in [0.1, 0.15) is 42.3 Å². The fourth-order valence-corrected chi connectivity index (χ4v) is 9.78. The zero-order valence-electron chi connectivity index (χ0n) is 43.2. The molecule has 7 atom stereocenters. The smallest absolute Gasteiger partial charge is 0.326 e. The Morgan fingerprint density at radius 1 is 0.727 bits per heavy atom. The maximum absolute atomic E-state index is 15.3. The van der Waals surface area contributed by atoms with E-state index in [9.17, 15) is 39.0 Å². The van der Waals surface area contributed by atoms with Crippen molar-refractivity contribution in [2.24, 2.45) is 22.2 Å². The third-order valence-electron chi connectivity index (χ3n) is 13.7. The molecule has 2 aromatic carbocycles. The maximum Gasteiger partial charge on any atom is 0.326 e. The molecule has 2 aromatic heterocycles. The van der Waals surface area contributed by atoms with Crippen LogP contribution in [0.15, 0.2) is 66.0 Å². The number of guanidine groups is 1. The fourth-order valence-electron chi connectivity index (χ4n) is 9.78. The summed E-state index contributed by atoms with van der Waals surface area (Å²) in [5.74, 6) is -8.25. The predicted octanol–water partition coefficient (Wildman–Crippen LogP) is -0.284. The molecular weight excluding hydrogens is 997 g/mol. The molecule has 0 spiro atoms. The van der Waals surface area contributed by atoms with Crippen LogP contribution in [0.25, 0.3) is 10.9 Å². The van der Waals surface area contributed by atoms with Crippen LogP contribution >= 0.6 is 0 Å². The van der Waals surface area contributed by atoms with E-state index in [0.717, 1.165) is 16.5 Å². The highest BCUT2D eigenvalue weighted by Crippen LogP contribution is 2.32. The summed E-state index contributed by atoms with van der Waals surface area (Å²) in [5.41, 5.74) is 20.8. The summed E-state index contributed by atoms with van der Waals surface area (Å²) in [6.07, 6.45) is 4.13. The topological polar surface area (TPSA) is 396 Å². The molecule has 414 valence electrons. The molecule has 77 heavy (non-hydrogen) atoms. The number of hydrogen-bond acceptors (Lipinski definition) is 12. The highest BCUT2D eigenvalue weighted by atomic mass is 16.4. The lowest BCUT2D eigenvalue weighted by Gasteiger charge is -2.40. The second-order valence-electron chi connectivity index (χ2n) is 19.4. The summed E-state index contributed by atoms with van der Waals surface area (Å²) in [6.45, 7) is 3.20. The first kappa shape index (κ1) is 57.9. The molecule has 0 aliphatic carbocycles. The average Bonchev–Trinajstić information content (AvgIpc) is 4.08. The number of para-hydroxylation sites is 1. The van der Waals surface area contributed by atoms with Crippen LogP contribution in [0.5, 0.6) is 0 Å². The van der Waals surface area contributed by atoms with E-state index in [1.54, 1.807) is 24.3 Å². The number of aromatic amines is 2. The Hall–Kier alpha value is -8.35. The van der Waals surface area contributed by atoms with E-state index in [0.29, 0.717) is 54.7 Å². The second kappa shape index (κ2) is 27.4. The molecule has 0 saturated carbocycles. The van der Waals surface area contributed by atoms with Gasteiger partial charge < -0.3 is 73.8 Å². The molecule has 6 rings (SSSR count). The molecule has 0 fully saturated rings. The molecule has 4 heterocycles. The van der Waals surface area contributed by atoms with Crippen LogP contribution in [0.1, 0.15) is 99.7 Å². The summed E-state index contributed by atoms with van der Waals surface area (Å²) in [6, 6.07) is 4.98. The Morgan fingerprint density at radius 3 is 2.01 bits per heavy atom. The number of carboxylic acid groups (broad SMARTS) is 2. The maximum atomic E-state index is 15.3. The summed E-state index contributed by atoms with van der Waals surface area (Å²) in [4.78, 5) is 141. The molecule has 25 heteroatoms. The number of aliphatic carboxylic acids is 2. The molecule has 0 saturated heterocycles. The average molecular weight is 1070 g/mol. The van der Waals surface area contributed by atoms with E-state index >= 15 is 14.4 Å². The third kappa shape index (κ3) is 15.6. The van der Waals surface area contributed by atoms with Gasteiger partial charge in [0, 0.05) is 67.8 Å². The highest BCUT2D eigenvalue weighted by Gasteiger charge is 2.44. The van der Waals surface area contributed by atoms with Gasteiger partial charge in [0.15, 0.2) is 5.96 Å². The second-order valence-corrected chi connectivity index (χ2v) is 19.4. The van der Waals surface area contributed by atoms with Gasteiger partial charge in [-0.3, -0.25) is 43.3 Å². The zero-order chi connectivity index (χ0) is 55.8. The predicted molar refractivity (Wildman–Crippen MR) is 281 cm³/mol. The molecule has 4 aromatic rings. The van der Waals surface area contributed by atoms with Crippen LogP contribution in [0.3, 0.4) is 0 Å². The van der Waals surface area contributed by atoms with Crippen molar-refractivity contribution in [3.63, 3.8) is 0 Å². The van der Waals surface area contributed by atoms with Crippen molar-refractivity contribution >= 4 is 70.2 Å². The van der Waals surface area contributed by atoms with E-state index < -0.39 is 102 Å². The van der Waals surface area contributed by atoms with Crippen LogP contribution in [0, 0.1) is 0 Å². The third-order valence-corrected chi connectivity index (χ3v) is 13.7. The number of aromatic nitrogens is 3. The number of nitrogens with zero attached hydrogens (tertiary/aromatic N) is 4. The van der Waals surface area contributed by atoms with Crippen LogP contribution < -0.4 is 43.8 Å². The number of fused-ring (bicyclic) bond motifs is 4. The van der Waals surface area contributed by atoms with Gasteiger partial charge in [0.05, 0.1) is 19.3 Å². The lowest BCUT2D eigenvalue weighted by molar-refractivity contribution is -0.149. The van der Waals surface area contributed by atoms with E-state index in [1.807, 2.05) is 31.2 Å². The summed E-state index contributed by atoms with van der Waals surface area (Å²) in [5, 5.41) is 34.0. The van der Waals surface area contributed by atoms with Gasteiger partial charge in [-0.05, 0) is 67.8 Å². The minimum atomic E-state index is -1.71. The van der Waals surface area contributed by atoms with Crippen LogP contribution in [-0.2, 0) is 75.5 Å². The van der Waals surface area contributed by atoms with Crippen molar-refractivity contribution in [1.29, 1.82) is 0 Å². The van der Waals surface area contributed by atoms with Crippen molar-refractivity contribution in [2.75, 3.05) is 13.1 Å². The van der Waals surface area contributed by atoms with Crippen molar-refractivity contribution in [1.82, 2.24) is 51.3 Å². The van der Waals surface area contributed by atoms with Gasteiger partial charge >= 0.3 is 11.9 Å². The number of nitrogens with two attached hydrogens (primary N) is 3. The minimum Gasteiger partial charge on any atom is -0.481 e. The van der Waals surface area contributed by atoms with Crippen molar-refractivity contribution in [3.05, 3.63) is 89.1 Å². The Morgan fingerprint density at radius 2 is 1.35 bits per heavy atom. The van der Waals surface area contributed by atoms with Crippen molar-refractivity contribution in [2.45, 2.75) is 146 Å². The first-order valence-electron chi connectivity index (χ1n) is 25.8. The molecule has 0 bridgehead atoms. The largest absolute Gasteiger partial charge is 0.481 e. The number of amides is 7. The van der Waals surface area contributed by atoms with Gasteiger partial charge in [-0.25, -0.2) is 9.78 Å². The van der Waals surface area contributed by atoms with Gasteiger partial charge in [-0.1, -0.05) is 62.2 Å². The molecule has 1 unspecified atom stereocenters. The highest BCUT2D eigenvalue weighted by molar-refractivity contribution is 5.99. The van der Waals surface area contributed by atoms with Gasteiger partial charge in [-0.2, -0.15) is 0 Å². The van der Waals surface area contributed by atoms with E-state index in [4.69, 9.17) is 17.2 Å². The number of carbonyl (C=O) groups is 9. The number of carboxylic acids is 2. The van der Waals surface area contributed by atoms with Crippen LogP contribution in [-0.4, -0.2) is 150 Å². The standard InChI is InChI=1S/C52H70N14O11/c1-3-4-15-36(59-29(2)67)45(70)63-39(24-44(68)69)46(71)64-40(22-32-25-56-28-58-32)50(75)65-26-31-13-6-5-12-30(31)21-42(65)47(72)61-37(18-11-20-57-52(54)55)49(74)66-27-41-34(33-14-7-8-16-35(33)60-41)23-43(66)48(73)62-38(51(76)77)17-9-10-19-53/h5-8,12-14,16,25,28,36-40,42-43,60H,3-4,9-11,15,17-24,26-27,53H2,1-2H3,(H,56,58)(H,59,67)(H,61,72)(H,62,73)(H,63,70)(H,64,71)(H,68,69)(H,76,77)(H4,54,55,57)/t36-,37-,38-,39-,40-,42+,43?/m0/s1. The fraction of sp³-hybridized carbons (Fsp3) is 0.481. The van der Waals surface area contributed by atoms with E-state index in [-0.39, 0.29) is 70.5 Å². The number of imidazole rings is 1. The number of rotatable bonds is 27. The van der Waals surface area contributed by atoms with Crippen molar-refractivity contribution in [3.8, 4) is 0 Å². The normalized spacial score (nSPS) is 16.8. The number of benzene rings is 2. The molecule has 25 nitrogen and oxygen atoms in total. The van der Waals surface area contributed by atoms with Gasteiger partial charge in [0.2, 0.25) is 41.4 Å². The summed E-state index contributed by atoms with van der Waals surface area (Å²) in [7, 11) is 0. The SMILES string of the molecule is CCCC[C@H](NC(C)=O)C(=O)N[C@@H](CC(=O)O)C(=O)N[C@@H](Cc1cnc[nH]1)C(=O)N1Cc2ccccc2C[C@@H]1C(=O)N[C@@H](CCCN=C(N)N)C(=O)N1Cc2[nH]c3ccccc3c2CC1C(=O)N[C@@H](CCCCN)C(=O)O. The Bertz CT molecular complexity index is 2790. The number of nitrogens with one attached hydrogen (secondary N) is 7. The summed E-state index contributed by atoms with van der Waals surface area (Å²) >= 11 is 0. The first-order chi connectivity index (χ1) is 36.9. The Kier molecular flexibility index (Phi) is 20.6. The Labute approximate surface area is 444 Å². The molecule has 0 radical (unpaired) electrons. The molecule has 2 aliphatic rings. The monoisotopic (exact) mass is 1070 g/mol. The van der Waals surface area contributed by atoms with Crippen LogP contribution in [0.4, 0.5) is 0 Å². The number of aliphatic imine (C=N–C) groups is 1. The number of hydrogen-bond donors (Lipinski definition) is 12. The molecule has 7 amide bonds. The quantitative estimate of drug-likeness (QED) is 0.0208. The molecular formula is C52H70N14O11. The first-order valence-corrected chi connectivity index (χ1v) is 25.8. The lowest BCUT2D eigenvalue weighted by Crippen LogP contribution is -2.63. The molecule has 2 aliphatic heterocycles. The lowest BCUT2D eigenvalue weighted by atomic mass is 9.91. The van der Waals surface area contributed by atoms with Gasteiger partial charge in [0.25, 0.3) is 0 Å². The Balaban J connectivity index is 1.34. The zero-order valence-corrected chi connectivity index (χ0v) is 43.2. The number of carbonyl (C=O) groups excluding carboxylic acids is 7. The minimum absolute atomic E-state index is 0.00238.